The second-order valence-corrected chi connectivity index (χ2v) is 9.49. The van der Waals surface area contributed by atoms with Crippen LogP contribution >= 0.6 is 0 Å². The standard InChI is InChI=1S/C34H21N3O/c1-2-10-25-22(9-1)19-24(21-28(25)30-12-7-8-18-35-30)38-23-16-17-26-27-11-3-5-14-32(27)37-33-15-6-4-13-31(33)36-34(37)29(26)20-23/h1-21H. The third-order valence-corrected chi connectivity index (χ3v) is 7.24. The van der Waals surface area contributed by atoms with Gasteiger partial charge in [0.05, 0.1) is 22.2 Å². The van der Waals surface area contributed by atoms with Gasteiger partial charge in [0.25, 0.3) is 0 Å². The number of aromatic nitrogens is 3. The molecule has 0 amide bonds. The number of pyridine rings is 2. The number of benzene rings is 5. The molecule has 4 heteroatoms. The van der Waals surface area contributed by atoms with E-state index in [1.165, 1.54) is 5.39 Å². The molecule has 0 unspecified atom stereocenters. The van der Waals surface area contributed by atoms with E-state index in [2.05, 4.69) is 100 Å². The molecule has 0 saturated carbocycles. The van der Waals surface area contributed by atoms with Gasteiger partial charge in [0.2, 0.25) is 0 Å². The number of nitrogens with zero attached hydrogens (tertiary/aromatic N) is 3. The number of ether oxygens (including phenoxy) is 1. The number of hydrogen-bond donors (Lipinski definition) is 0. The van der Waals surface area contributed by atoms with Gasteiger partial charge in [0.15, 0.2) is 0 Å². The molecule has 4 nitrogen and oxygen atoms in total. The smallest absolute Gasteiger partial charge is 0.146 e. The average Bonchev–Trinajstić information content (AvgIpc) is 3.38. The van der Waals surface area contributed by atoms with Crippen LogP contribution in [0.1, 0.15) is 0 Å². The molecule has 8 aromatic rings. The summed E-state index contributed by atoms with van der Waals surface area (Å²) in [5.74, 6) is 1.54. The van der Waals surface area contributed by atoms with Gasteiger partial charge in [-0.15, -0.1) is 0 Å². The fourth-order valence-electron chi connectivity index (χ4n) is 5.57. The lowest BCUT2D eigenvalue weighted by Gasteiger charge is -2.13. The Labute approximate surface area is 218 Å². The van der Waals surface area contributed by atoms with Crippen molar-refractivity contribution in [2.75, 3.05) is 0 Å². The zero-order valence-electron chi connectivity index (χ0n) is 20.4. The van der Waals surface area contributed by atoms with Crippen LogP contribution in [0.15, 0.2) is 128 Å². The highest BCUT2D eigenvalue weighted by atomic mass is 16.5. The SMILES string of the molecule is c1ccc(-c2cc(Oc3ccc4c5ccccc5n5c6ccccc6nc5c4c3)cc3ccccc23)nc1. The first-order valence-corrected chi connectivity index (χ1v) is 12.7. The van der Waals surface area contributed by atoms with Crippen molar-refractivity contribution in [3.8, 4) is 22.8 Å². The Kier molecular flexibility index (Phi) is 4.49. The first kappa shape index (κ1) is 20.9. The van der Waals surface area contributed by atoms with E-state index in [9.17, 15) is 0 Å². The lowest BCUT2D eigenvalue weighted by Crippen LogP contribution is -1.93. The van der Waals surface area contributed by atoms with Gasteiger partial charge in [-0.3, -0.25) is 9.38 Å². The van der Waals surface area contributed by atoms with Crippen molar-refractivity contribution < 1.29 is 4.74 Å². The van der Waals surface area contributed by atoms with Gasteiger partial charge < -0.3 is 4.74 Å². The molecule has 3 aromatic heterocycles. The van der Waals surface area contributed by atoms with E-state index >= 15 is 0 Å². The normalized spacial score (nSPS) is 11.7. The van der Waals surface area contributed by atoms with Crippen molar-refractivity contribution in [1.29, 1.82) is 0 Å². The Balaban J connectivity index is 1.34. The predicted molar refractivity (Wildman–Crippen MR) is 155 cm³/mol. The number of imidazole rings is 1. The summed E-state index contributed by atoms with van der Waals surface area (Å²) >= 11 is 0. The molecule has 8 rings (SSSR count). The average molecular weight is 488 g/mol. The molecular formula is C34H21N3O. The number of hydrogen-bond acceptors (Lipinski definition) is 3. The summed E-state index contributed by atoms with van der Waals surface area (Å²) < 4.78 is 8.78. The van der Waals surface area contributed by atoms with Crippen LogP contribution in [0.4, 0.5) is 0 Å². The first-order valence-electron chi connectivity index (χ1n) is 12.7. The van der Waals surface area contributed by atoms with Crippen LogP contribution in [-0.2, 0) is 0 Å². The summed E-state index contributed by atoms with van der Waals surface area (Å²) in [6, 6.07) is 41.6. The molecule has 0 aliphatic carbocycles. The van der Waals surface area contributed by atoms with Crippen molar-refractivity contribution in [2.24, 2.45) is 0 Å². The van der Waals surface area contributed by atoms with Gasteiger partial charge in [0, 0.05) is 22.5 Å². The van der Waals surface area contributed by atoms with Gasteiger partial charge in [-0.25, -0.2) is 4.98 Å². The summed E-state index contributed by atoms with van der Waals surface area (Å²) in [5, 5.41) is 5.66. The van der Waals surface area contributed by atoms with Crippen molar-refractivity contribution in [2.45, 2.75) is 0 Å². The second kappa shape index (κ2) is 8.15. The molecular weight excluding hydrogens is 466 g/mol. The summed E-state index contributed by atoms with van der Waals surface area (Å²) in [6.07, 6.45) is 1.82. The number of fused-ring (bicyclic) bond motifs is 9. The summed E-state index contributed by atoms with van der Waals surface area (Å²) in [6.45, 7) is 0. The van der Waals surface area contributed by atoms with E-state index < -0.39 is 0 Å². The van der Waals surface area contributed by atoms with E-state index in [4.69, 9.17) is 9.72 Å². The summed E-state index contributed by atoms with van der Waals surface area (Å²) in [4.78, 5) is 9.64. The van der Waals surface area contributed by atoms with Crippen LogP contribution in [0.3, 0.4) is 0 Å². The first-order chi connectivity index (χ1) is 18.8. The van der Waals surface area contributed by atoms with Crippen molar-refractivity contribution in [3.05, 3.63) is 128 Å². The lowest BCUT2D eigenvalue weighted by molar-refractivity contribution is 0.484. The fraction of sp³-hybridized carbons (Fsp3) is 0. The summed E-state index contributed by atoms with van der Waals surface area (Å²) in [5.41, 5.74) is 6.12. The topological polar surface area (TPSA) is 39.4 Å². The third-order valence-electron chi connectivity index (χ3n) is 7.24. The third kappa shape index (κ3) is 3.17. The highest BCUT2D eigenvalue weighted by Crippen LogP contribution is 2.37. The van der Waals surface area contributed by atoms with Crippen LogP contribution in [0.2, 0.25) is 0 Å². The molecule has 38 heavy (non-hydrogen) atoms. The Bertz CT molecular complexity index is 2160. The van der Waals surface area contributed by atoms with Gasteiger partial charge in [0.1, 0.15) is 17.1 Å². The molecule has 0 saturated heterocycles. The molecule has 0 radical (unpaired) electrons. The Hall–Kier alpha value is -5.22. The molecule has 0 aliphatic heterocycles. The number of rotatable bonds is 3. The highest BCUT2D eigenvalue weighted by Gasteiger charge is 2.15. The Morgan fingerprint density at radius 2 is 1.34 bits per heavy atom. The van der Waals surface area contributed by atoms with Gasteiger partial charge in [-0.2, -0.15) is 0 Å². The van der Waals surface area contributed by atoms with Crippen molar-refractivity contribution in [1.82, 2.24) is 14.4 Å². The fourth-order valence-corrected chi connectivity index (χ4v) is 5.57. The molecule has 0 aliphatic rings. The van der Waals surface area contributed by atoms with E-state index in [0.29, 0.717) is 0 Å². The highest BCUT2D eigenvalue weighted by molar-refractivity contribution is 6.14. The van der Waals surface area contributed by atoms with E-state index in [-0.39, 0.29) is 0 Å². The van der Waals surface area contributed by atoms with Gasteiger partial charge >= 0.3 is 0 Å². The van der Waals surface area contributed by atoms with E-state index in [1.807, 2.05) is 36.5 Å². The second-order valence-electron chi connectivity index (χ2n) is 9.49. The monoisotopic (exact) mass is 487 g/mol. The maximum absolute atomic E-state index is 6.53. The minimum Gasteiger partial charge on any atom is -0.457 e. The van der Waals surface area contributed by atoms with Crippen LogP contribution in [0, 0.1) is 0 Å². The maximum Gasteiger partial charge on any atom is 0.146 e. The molecule has 5 aromatic carbocycles. The minimum absolute atomic E-state index is 0.768. The van der Waals surface area contributed by atoms with Crippen LogP contribution < -0.4 is 4.74 Å². The van der Waals surface area contributed by atoms with Crippen LogP contribution in [-0.4, -0.2) is 14.4 Å². The van der Waals surface area contributed by atoms with Crippen LogP contribution in [0.25, 0.3) is 60.4 Å². The van der Waals surface area contributed by atoms with E-state index in [1.54, 1.807) is 0 Å². The minimum atomic E-state index is 0.768. The van der Waals surface area contributed by atoms with Gasteiger partial charge in [-0.1, -0.05) is 60.7 Å². The summed E-state index contributed by atoms with van der Waals surface area (Å²) in [7, 11) is 0. The van der Waals surface area contributed by atoms with E-state index in [0.717, 1.165) is 66.5 Å². The maximum atomic E-state index is 6.53. The molecule has 178 valence electrons. The molecule has 0 fully saturated rings. The zero-order valence-corrected chi connectivity index (χ0v) is 20.4. The number of para-hydroxylation sites is 3. The van der Waals surface area contributed by atoms with Crippen LogP contribution in [0.5, 0.6) is 11.5 Å². The molecule has 0 bridgehead atoms. The molecule has 0 atom stereocenters. The predicted octanol–water partition coefficient (Wildman–Crippen LogP) is 8.80. The zero-order chi connectivity index (χ0) is 25.1. The van der Waals surface area contributed by atoms with Gasteiger partial charge in [-0.05, 0) is 76.8 Å². The molecule has 0 spiro atoms. The Morgan fingerprint density at radius 1 is 0.553 bits per heavy atom. The molecule has 0 N–H and O–H groups in total. The van der Waals surface area contributed by atoms with Crippen molar-refractivity contribution >= 4 is 49.1 Å². The lowest BCUT2D eigenvalue weighted by atomic mass is 10.0. The molecule has 3 heterocycles. The van der Waals surface area contributed by atoms with Crippen molar-refractivity contribution in [3.63, 3.8) is 0 Å². The quantitative estimate of drug-likeness (QED) is 0.234. The largest absolute Gasteiger partial charge is 0.457 e. The Morgan fingerprint density at radius 3 is 2.24 bits per heavy atom.